The lowest BCUT2D eigenvalue weighted by Crippen LogP contribution is -1.81. The van der Waals surface area contributed by atoms with Crippen molar-refractivity contribution in [2.45, 2.75) is 6.61 Å². The summed E-state index contributed by atoms with van der Waals surface area (Å²) in [5.41, 5.74) is 2.23. The van der Waals surface area contributed by atoms with Crippen LogP contribution >= 0.6 is 23.3 Å². The van der Waals surface area contributed by atoms with Crippen molar-refractivity contribution in [2.75, 3.05) is 0 Å². The summed E-state index contributed by atoms with van der Waals surface area (Å²) in [6.07, 6.45) is 0. The minimum atomic E-state index is -0.136. The summed E-state index contributed by atoms with van der Waals surface area (Å²) in [7, 11) is 0. The summed E-state index contributed by atoms with van der Waals surface area (Å²) in [4.78, 5) is 0. The normalized spacial score (nSPS) is 11.2. The number of aliphatic hydroxyl groups excluding tert-OH is 1. The number of nitrogens with zero attached hydrogens (tertiary/aromatic N) is 2. The lowest BCUT2D eigenvalue weighted by Gasteiger charge is -2.01. The fourth-order valence-electron chi connectivity index (χ4n) is 1.66. The van der Waals surface area contributed by atoms with Crippen LogP contribution in [0.15, 0.2) is 28.7 Å². The first-order chi connectivity index (χ1) is 8.29. The van der Waals surface area contributed by atoms with Crippen LogP contribution in [0, 0.1) is 0 Å². The van der Waals surface area contributed by atoms with Gasteiger partial charge in [0.25, 0.3) is 0 Å². The Kier molecular flexibility index (Phi) is 2.58. The highest BCUT2D eigenvalue weighted by molar-refractivity contribution is 7.00. The van der Waals surface area contributed by atoms with E-state index in [0.29, 0.717) is 16.5 Å². The Balaban J connectivity index is 2.27. The molecule has 0 aliphatic rings. The van der Waals surface area contributed by atoms with Crippen molar-refractivity contribution in [3.05, 3.63) is 35.0 Å². The Labute approximate surface area is 106 Å². The summed E-state index contributed by atoms with van der Waals surface area (Å²) in [6.45, 7) is -0.136. The molecule has 0 aliphatic heterocycles. The van der Waals surface area contributed by atoms with Gasteiger partial charge in [0.2, 0.25) is 0 Å². The maximum absolute atomic E-state index is 8.99. The molecule has 17 heavy (non-hydrogen) atoms. The van der Waals surface area contributed by atoms with Gasteiger partial charge in [0.1, 0.15) is 29.2 Å². The zero-order valence-electron chi connectivity index (χ0n) is 8.55. The van der Waals surface area contributed by atoms with Gasteiger partial charge in [-0.3, -0.25) is 0 Å². The van der Waals surface area contributed by atoms with Gasteiger partial charge in [-0.25, -0.2) is 0 Å². The number of benzene rings is 1. The first-order valence-electron chi connectivity index (χ1n) is 4.90. The maximum atomic E-state index is 8.99. The highest BCUT2D eigenvalue weighted by atomic mass is 35.5. The standard InChI is InChI=1S/C11H7ClN2O2S/c12-7-2-3-8-11(14-17-13-8)10(7)9-4-1-6(5-15)16-9/h1-4,15H,5H2. The van der Waals surface area contributed by atoms with Crippen molar-refractivity contribution in [3.8, 4) is 11.3 Å². The lowest BCUT2D eigenvalue weighted by molar-refractivity contribution is 0.248. The molecule has 3 aromatic rings. The second-order valence-electron chi connectivity index (χ2n) is 3.48. The topological polar surface area (TPSA) is 59.2 Å². The molecule has 0 atom stereocenters. The molecular weight excluding hydrogens is 260 g/mol. The van der Waals surface area contributed by atoms with Crippen LogP contribution in [-0.2, 0) is 6.61 Å². The summed E-state index contributed by atoms with van der Waals surface area (Å²) < 4.78 is 13.8. The molecule has 0 bridgehead atoms. The third-order valence-corrected chi connectivity index (χ3v) is 3.30. The number of furan rings is 1. The predicted octanol–water partition coefficient (Wildman–Crippen LogP) is 3.10. The van der Waals surface area contributed by atoms with Gasteiger partial charge in [-0.2, -0.15) is 8.75 Å². The SMILES string of the molecule is OCc1ccc(-c2c(Cl)ccc3nsnc23)o1. The van der Waals surface area contributed by atoms with Gasteiger partial charge < -0.3 is 9.52 Å². The summed E-state index contributed by atoms with van der Waals surface area (Å²) in [6, 6.07) is 7.07. The van der Waals surface area contributed by atoms with Crippen LogP contribution in [-0.4, -0.2) is 13.9 Å². The van der Waals surface area contributed by atoms with Gasteiger partial charge in [0.15, 0.2) is 0 Å². The molecule has 0 amide bonds. The molecule has 0 unspecified atom stereocenters. The maximum Gasteiger partial charge on any atom is 0.138 e. The molecule has 2 heterocycles. The minimum Gasteiger partial charge on any atom is -0.459 e. The van der Waals surface area contributed by atoms with Crippen LogP contribution < -0.4 is 0 Å². The molecule has 0 fully saturated rings. The molecule has 1 aromatic carbocycles. The monoisotopic (exact) mass is 266 g/mol. The zero-order valence-corrected chi connectivity index (χ0v) is 10.1. The van der Waals surface area contributed by atoms with Crippen LogP contribution in [0.4, 0.5) is 0 Å². The van der Waals surface area contributed by atoms with Crippen molar-refractivity contribution >= 4 is 34.4 Å². The average Bonchev–Trinajstić information content (AvgIpc) is 2.96. The van der Waals surface area contributed by atoms with E-state index in [2.05, 4.69) is 8.75 Å². The van der Waals surface area contributed by atoms with Gasteiger partial charge in [0, 0.05) is 0 Å². The summed E-state index contributed by atoms with van der Waals surface area (Å²) in [5, 5.41) is 9.55. The zero-order chi connectivity index (χ0) is 11.8. The molecule has 0 aliphatic carbocycles. The minimum absolute atomic E-state index is 0.136. The molecule has 0 saturated carbocycles. The number of aromatic nitrogens is 2. The molecule has 4 nitrogen and oxygen atoms in total. The Hall–Kier alpha value is -1.43. The van der Waals surface area contributed by atoms with E-state index in [1.165, 1.54) is 0 Å². The Bertz CT molecular complexity index is 677. The highest BCUT2D eigenvalue weighted by Gasteiger charge is 2.15. The van der Waals surface area contributed by atoms with Crippen molar-refractivity contribution in [3.63, 3.8) is 0 Å². The van der Waals surface area contributed by atoms with Crippen molar-refractivity contribution in [1.29, 1.82) is 0 Å². The highest BCUT2D eigenvalue weighted by Crippen LogP contribution is 2.35. The number of hydrogen-bond acceptors (Lipinski definition) is 5. The average molecular weight is 267 g/mol. The number of rotatable bonds is 2. The van der Waals surface area contributed by atoms with E-state index in [1.807, 2.05) is 6.07 Å². The molecular formula is C11H7ClN2O2S. The predicted molar refractivity (Wildman–Crippen MR) is 66.0 cm³/mol. The van der Waals surface area contributed by atoms with E-state index in [1.54, 1.807) is 18.2 Å². The van der Waals surface area contributed by atoms with Gasteiger partial charge in [-0.1, -0.05) is 11.6 Å². The van der Waals surface area contributed by atoms with Crippen molar-refractivity contribution < 1.29 is 9.52 Å². The van der Waals surface area contributed by atoms with E-state index in [4.69, 9.17) is 21.1 Å². The van der Waals surface area contributed by atoms with Gasteiger partial charge in [-0.15, -0.1) is 0 Å². The van der Waals surface area contributed by atoms with E-state index in [-0.39, 0.29) is 6.61 Å². The largest absolute Gasteiger partial charge is 0.459 e. The molecule has 1 N–H and O–H groups in total. The molecule has 6 heteroatoms. The smallest absolute Gasteiger partial charge is 0.138 e. The van der Waals surface area contributed by atoms with E-state index in [9.17, 15) is 0 Å². The fourth-order valence-corrected chi connectivity index (χ4v) is 2.45. The Morgan fingerprint density at radius 2 is 2.12 bits per heavy atom. The fraction of sp³-hybridized carbons (Fsp3) is 0.0909. The van der Waals surface area contributed by atoms with Crippen LogP contribution in [0.3, 0.4) is 0 Å². The van der Waals surface area contributed by atoms with Gasteiger partial charge in [0.05, 0.1) is 22.3 Å². The van der Waals surface area contributed by atoms with E-state index >= 15 is 0 Å². The molecule has 86 valence electrons. The van der Waals surface area contributed by atoms with Crippen molar-refractivity contribution in [1.82, 2.24) is 8.75 Å². The number of hydrogen-bond donors (Lipinski definition) is 1. The second kappa shape index (κ2) is 4.10. The quantitative estimate of drug-likeness (QED) is 0.774. The molecule has 0 spiro atoms. The third-order valence-electron chi connectivity index (χ3n) is 2.44. The third kappa shape index (κ3) is 1.72. The van der Waals surface area contributed by atoms with E-state index in [0.717, 1.165) is 28.3 Å². The van der Waals surface area contributed by atoms with Crippen LogP contribution in [0.5, 0.6) is 0 Å². The number of halogens is 1. The number of fused-ring (bicyclic) bond motifs is 1. The molecule has 0 radical (unpaired) electrons. The molecule has 0 saturated heterocycles. The van der Waals surface area contributed by atoms with Crippen LogP contribution in [0.1, 0.15) is 5.76 Å². The summed E-state index contributed by atoms with van der Waals surface area (Å²) >= 11 is 7.29. The van der Waals surface area contributed by atoms with E-state index < -0.39 is 0 Å². The van der Waals surface area contributed by atoms with Crippen LogP contribution in [0.2, 0.25) is 5.02 Å². The first-order valence-corrected chi connectivity index (χ1v) is 6.01. The molecule has 3 rings (SSSR count). The molecule has 2 aromatic heterocycles. The Morgan fingerprint density at radius 1 is 1.24 bits per heavy atom. The first kappa shape index (κ1) is 10.7. The van der Waals surface area contributed by atoms with Crippen LogP contribution in [0.25, 0.3) is 22.4 Å². The van der Waals surface area contributed by atoms with Gasteiger partial charge >= 0.3 is 0 Å². The number of aliphatic hydroxyl groups is 1. The summed E-state index contributed by atoms with van der Waals surface area (Å²) in [5.74, 6) is 1.09. The lowest BCUT2D eigenvalue weighted by atomic mass is 10.1. The van der Waals surface area contributed by atoms with Crippen molar-refractivity contribution in [2.24, 2.45) is 0 Å². The Morgan fingerprint density at radius 3 is 2.88 bits per heavy atom. The van der Waals surface area contributed by atoms with Gasteiger partial charge in [-0.05, 0) is 24.3 Å². The second-order valence-corrected chi connectivity index (χ2v) is 4.41.